The zero-order valence-corrected chi connectivity index (χ0v) is 21.4. The second-order valence-electron chi connectivity index (χ2n) is 11.0. The topological polar surface area (TPSA) is 26.8 Å². The van der Waals surface area contributed by atoms with Crippen molar-refractivity contribution < 1.29 is 4.79 Å². The molecule has 0 atom stereocenters. The average Bonchev–Trinajstić information content (AvgIpc) is 2.82. The Kier molecular flexibility index (Phi) is 8.73. The Morgan fingerprint density at radius 2 is 1.55 bits per heavy atom. The molecule has 1 aromatic rings. The van der Waals surface area contributed by atoms with Crippen molar-refractivity contribution in [2.75, 3.05) is 44.2 Å². The quantitative estimate of drug-likeness (QED) is 0.386. The number of nitrogens with zero attached hydrogens (tertiary/aromatic N) is 3. The molecule has 1 saturated carbocycles. The summed E-state index contributed by atoms with van der Waals surface area (Å²) in [6.07, 6.45) is 16.0. The number of carbonyl (C=O) groups excluding carboxylic acids is 1. The molecule has 4 heteroatoms. The third-order valence-corrected chi connectivity index (χ3v) is 8.95. The SMILES string of the molecule is CCCCCCCN(CC)C(=O)c1ccc(N2CCC3(CC2)CCN(C2CCC2)CC3)cc1. The highest BCUT2D eigenvalue weighted by Crippen LogP contribution is 2.43. The van der Waals surface area contributed by atoms with Gasteiger partial charge in [-0.05, 0) is 94.6 Å². The van der Waals surface area contributed by atoms with Gasteiger partial charge in [0.25, 0.3) is 5.91 Å². The molecule has 4 nitrogen and oxygen atoms in total. The standard InChI is InChI=1S/C29H47N3O/c1-3-5-6-7-8-20-30(4-2)28(33)25-12-14-27(15-13-25)32-23-18-29(19-24-32)16-21-31(22-17-29)26-10-9-11-26/h12-15,26H,3-11,16-24H2,1-2H3. The fourth-order valence-electron chi connectivity index (χ4n) is 6.16. The van der Waals surface area contributed by atoms with E-state index in [-0.39, 0.29) is 5.91 Å². The van der Waals surface area contributed by atoms with Crippen molar-refractivity contribution in [2.24, 2.45) is 5.41 Å². The Morgan fingerprint density at radius 3 is 2.12 bits per heavy atom. The number of amides is 1. The fraction of sp³-hybridized carbons (Fsp3) is 0.759. The summed E-state index contributed by atoms with van der Waals surface area (Å²) < 4.78 is 0. The van der Waals surface area contributed by atoms with Gasteiger partial charge in [0, 0.05) is 43.5 Å². The summed E-state index contributed by atoms with van der Waals surface area (Å²) in [4.78, 5) is 20.3. The van der Waals surface area contributed by atoms with Crippen LogP contribution in [-0.4, -0.2) is 61.0 Å². The summed E-state index contributed by atoms with van der Waals surface area (Å²) in [5.41, 5.74) is 2.72. The van der Waals surface area contributed by atoms with Gasteiger partial charge < -0.3 is 14.7 Å². The minimum Gasteiger partial charge on any atom is -0.371 e. The van der Waals surface area contributed by atoms with E-state index >= 15 is 0 Å². The molecular formula is C29H47N3O. The lowest BCUT2D eigenvalue weighted by atomic mass is 9.70. The molecule has 1 aromatic carbocycles. The van der Waals surface area contributed by atoms with E-state index in [0.717, 1.165) is 44.2 Å². The van der Waals surface area contributed by atoms with E-state index in [9.17, 15) is 4.79 Å². The summed E-state index contributed by atoms with van der Waals surface area (Å²) in [6, 6.07) is 9.38. The molecule has 2 aliphatic heterocycles. The maximum atomic E-state index is 13.0. The van der Waals surface area contributed by atoms with Crippen LogP contribution in [0.25, 0.3) is 0 Å². The predicted octanol–water partition coefficient (Wildman–Crippen LogP) is 6.35. The first-order chi connectivity index (χ1) is 16.1. The smallest absolute Gasteiger partial charge is 0.253 e. The van der Waals surface area contributed by atoms with Crippen LogP contribution < -0.4 is 4.90 Å². The van der Waals surface area contributed by atoms with Crippen LogP contribution in [0.3, 0.4) is 0 Å². The van der Waals surface area contributed by atoms with E-state index in [1.165, 1.54) is 89.4 Å². The lowest BCUT2D eigenvalue weighted by Crippen LogP contribution is -2.50. The van der Waals surface area contributed by atoms with Crippen molar-refractivity contribution >= 4 is 11.6 Å². The Morgan fingerprint density at radius 1 is 0.909 bits per heavy atom. The summed E-state index contributed by atoms with van der Waals surface area (Å²) in [7, 11) is 0. The number of likely N-dealkylation sites (tertiary alicyclic amines) is 1. The minimum atomic E-state index is 0.190. The van der Waals surface area contributed by atoms with Crippen LogP contribution in [0.2, 0.25) is 0 Å². The lowest BCUT2D eigenvalue weighted by Gasteiger charge is -2.50. The van der Waals surface area contributed by atoms with Gasteiger partial charge in [-0.25, -0.2) is 0 Å². The molecular weight excluding hydrogens is 406 g/mol. The first-order valence-electron chi connectivity index (χ1n) is 14.0. The molecule has 0 radical (unpaired) electrons. The third-order valence-electron chi connectivity index (χ3n) is 8.95. The number of carbonyl (C=O) groups is 1. The maximum Gasteiger partial charge on any atom is 0.253 e. The molecule has 1 amide bonds. The monoisotopic (exact) mass is 453 g/mol. The van der Waals surface area contributed by atoms with E-state index in [2.05, 4.69) is 47.9 Å². The van der Waals surface area contributed by atoms with Gasteiger partial charge >= 0.3 is 0 Å². The van der Waals surface area contributed by atoms with Crippen molar-refractivity contribution in [1.82, 2.24) is 9.80 Å². The molecule has 3 fully saturated rings. The zero-order valence-electron chi connectivity index (χ0n) is 21.4. The van der Waals surface area contributed by atoms with Gasteiger partial charge in [0.1, 0.15) is 0 Å². The molecule has 0 unspecified atom stereocenters. The van der Waals surface area contributed by atoms with Gasteiger partial charge in [-0.1, -0.05) is 39.0 Å². The number of rotatable bonds is 10. The molecule has 3 aliphatic rings. The highest BCUT2D eigenvalue weighted by atomic mass is 16.2. The fourth-order valence-corrected chi connectivity index (χ4v) is 6.16. The van der Waals surface area contributed by atoms with Crippen molar-refractivity contribution in [3.8, 4) is 0 Å². The van der Waals surface area contributed by atoms with Gasteiger partial charge in [0.15, 0.2) is 0 Å². The highest BCUT2D eigenvalue weighted by molar-refractivity contribution is 5.94. The first-order valence-corrected chi connectivity index (χ1v) is 14.0. The van der Waals surface area contributed by atoms with Gasteiger partial charge in [0.2, 0.25) is 0 Å². The second kappa shape index (κ2) is 11.7. The number of benzene rings is 1. The summed E-state index contributed by atoms with van der Waals surface area (Å²) >= 11 is 0. The van der Waals surface area contributed by atoms with Crippen LogP contribution in [-0.2, 0) is 0 Å². The summed E-state index contributed by atoms with van der Waals surface area (Å²) in [5.74, 6) is 0.190. The van der Waals surface area contributed by atoms with Crippen LogP contribution in [0.4, 0.5) is 5.69 Å². The molecule has 1 spiro atoms. The normalized spacial score (nSPS) is 21.2. The number of unbranched alkanes of at least 4 members (excludes halogenated alkanes) is 4. The molecule has 1 aliphatic carbocycles. The van der Waals surface area contributed by atoms with Gasteiger partial charge in [-0.3, -0.25) is 4.79 Å². The van der Waals surface area contributed by atoms with Crippen molar-refractivity contribution in [1.29, 1.82) is 0 Å². The Bertz CT molecular complexity index is 724. The van der Waals surface area contributed by atoms with Crippen LogP contribution in [0.5, 0.6) is 0 Å². The lowest BCUT2D eigenvalue weighted by molar-refractivity contribution is 0.0306. The number of hydrogen-bond donors (Lipinski definition) is 0. The van der Waals surface area contributed by atoms with Crippen molar-refractivity contribution in [2.45, 2.75) is 96.9 Å². The third kappa shape index (κ3) is 6.12. The van der Waals surface area contributed by atoms with Gasteiger partial charge in [-0.15, -0.1) is 0 Å². The van der Waals surface area contributed by atoms with Crippen LogP contribution in [0, 0.1) is 5.41 Å². The van der Waals surface area contributed by atoms with Gasteiger partial charge in [0.05, 0.1) is 0 Å². The Balaban J connectivity index is 1.24. The van der Waals surface area contributed by atoms with Crippen molar-refractivity contribution in [3.05, 3.63) is 29.8 Å². The number of piperidine rings is 2. The molecule has 184 valence electrons. The molecule has 4 rings (SSSR count). The van der Waals surface area contributed by atoms with Crippen LogP contribution >= 0.6 is 0 Å². The molecule has 0 bridgehead atoms. The molecule has 2 saturated heterocycles. The number of hydrogen-bond acceptors (Lipinski definition) is 3. The largest absolute Gasteiger partial charge is 0.371 e. The minimum absolute atomic E-state index is 0.190. The van der Waals surface area contributed by atoms with E-state index in [1.807, 2.05) is 4.90 Å². The highest BCUT2D eigenvalue weighted by Gasteiger charge is 2.39. The van der Waals surface area contributed by atoms with E-state index < -0.39 is 0 Å². The van der Waals surface area contributed by atoms with Gasteiger partial charge in [-0.2, -0.15) is 0 Å². The Hall–Kier alpha value is -1.55. The molecule has 33 heavy (non-hydrogen) atoms. The summed E-state index contributed by atoms with van der Waals surface area (Å²) in [5, 5.41) is 0. The van der Waals surface area contributed by atoms with Crippen LogP contribution in [0.1, 0.15) is 101 Å². The zero-order chi connectivity index (χ0) is 23.1. The first kappa shape index (κ1) is 24.6. The number of anilines is 1. The molecule has 0 aromatic heterocycles. The summed E-state index contributed by atoms with van der Waals surface area (Å²) in [6.45, 7) is 11.0. The average molecular weight is 454 g/mol. The van der Waals surface area contributed by atoms with E-state index in [0.29, 0.717) is 5.41 Å². The van der Waals surface area contributed by atoms with Crippen LogP contribution in [0.15, 0.2) is 24.3 Å². The Labute approximate surface area is 202 Å². The van der Waals surface area contributed by atoms with E-state index in [4.69, 9.17) is 0 Å². The van der Waals surface area contributed by atoms with Crippen molar-refractivity contribution in [3.63, 3.8) is 0 Å². The maximum absolute atomic E-state index is 13.0. The van der Waals surface area contributed by atoms with E-state index in [1.54, 1.807) is 0 Å². The predicted molar refractivity (Wildman–Crippen MR) is 139 cm³/mol. The second-order valence-corrected chi connectivity index (χ2v) is 11.0. The molecule has 2 heterocycles. The molecule has 0 N–H and O–H groups in total.